The van der Waals surface area contributed by atoms with Crippen molar-refractivity contribution in [3.8, 4) is 0 Å². The molecule has 0 radical (unpaired) electrons. The van der Waals surface area contributed by atoms with E-state index in [4.69, 9.17) is 9.47 Å². The van der Waals surface area contributed by atoms with Crippen molar-refractivity contribution >= 4 is 11.9 Å². The normalized spacial score (nSPS) is 21.4. The summed E-state index contributed by atoms with van der Waals surface area (Å²) in [6.45, 7) is 18.1. The molecule has 0 aliphatic heterocycles. The third-order valence-corrected chi connectivity index (χ3v) is 6.08. The van der Waals surface area contributed by atoms with Crippen molar-refractivity contribution in [3.05, 3.63) is 22.3 Å². The van der Waals surface area contributed by atoms with E-state index in [0.29, 0.717) is 11.1 Å². The lowest BCUT2D eigenvalue weighted by Crippen LogP contribution is -2.37. The number of hydrogen-bond acceptors (Lipinski definition) is 4. The Kier molecular flexibility index (Phi) is 8.97. The summed E-state index contributed by atoms with van der Waals surface area (Å²) in [7, 11) is 0. The molecular weight excluding hydrogens is 352 g/mol. The molecule has 28 heavy (non-hydrogen) atoms. The molecule has 1 rings (SSSR count). The molecule has 1 aliphatic carbocycles. The first kappa shape index (κ1) is 24.5. The van der Waals surface area contributed by atoms with Gasteiger partial charge in [0.2, 0.25) is 0 Å². The third-order valence-electron chi connectivity index (χ3n) is 6.08. The summed E-state index contributed by atoms with van der Waals surface area (Å²) in [6.07, 6.45) is 3.98. The summed E-state index contributed by atoms with van der Waals surface area (Å²) >= 11 is 0. The van der Waals surface area contributed by atoms with E-state index in [1.165, 1.54) is 5.57 Å². The smallest absolute Gasteiger partial charge is 0.335 e. The van der Waals surface area contributed by atoms with Crippen molar-refractivity contribution in [2.24, 2.45) is 11.3 Å². The van der Waals surface area contributed by atoms with Gasteiger partial charge in [-0.1, -0.05) is 65.5 Å². The Morgan fingerprint density at radius 2 is 1.43 bits per heavy atom. The molecule has 0 saturated heterocycles. The Morgan fingerprint density at radius 3 is 1.86 bits per heavy atom. The second-order valence-corrected chi connectivity index (χ2v) is 8.65. The number of esters is 2. The first-order valence-electron chi connectivity index (χ1n) is 10.9. The molecular formula is C24H40O4. The monoisotopic (exact) mass is 392 g/mol. The lowest BCUT2D eigenvalue weighted by atomic mass is 9.65. The van der Waals surface area contributed by atoms with E-state index >= 15 is 0 Å². The lowest BCUT2D eigenvalue weighted by molar-refractivity contribution is -0.148. The van der Waals surface area contributed by atoms with Crippen molar-refractivity contribution in [3.63, 3.8) is 0 Å². The fraction of sp³-hybridized carbons (Fsp3) is 0.750. The minimum Gasteiger partial charge on any atom is -0.459 e. The van der Waals surface area contributed by atoms with E-state index in [1.54, 1.807) is 0 Å². The van der Waals surface area contributed by atoms with Gasteiger partial charge in [0.15, 0.2) is 0 Å². The molecule has 0 aromatic heterocycles. The molecule has 4 nitrogen and oxygen atoms in total. The zero-order valence-corrected chi connectivity index (χ0v) is 19.4. The zero-order valence-electron chi connectivity index (χ0n) is 19.4. The highest BCUT2D eigenvalue weighted by Crippen LogP contribution is 2.48. The van der Waals surface area contributed by atoms with Gasteiger partial charge >= 0.3 is 11.9 Å². The number of allylic oxidation sites excluding steroid dienone is 2. The van der Waals surface area contributed by atoms with Crippen LogP contribution in [0.25, 0.3) is 0 Å². The van der Waals surface area contributed by atoms with Crippen LogP contribution in [0.4, 0.5) is 0 Å². The topological polar surface area (TPSA) is 52.6 Å². The van der Waals surface area contributed by atoms with E-state index in [1.807, 2.05) is 34.6 Å². The molecule has 4 heteroatoms. The summed E-state index contributed by atoms with van der Waals surface area (Å²) in [5, 5.41) is 0. The second kappa shape index (κ2) is 10.3. The largest absolute Gasteiger partial charge is 0.459 e. The van der Waals surface area contributed by atoms with E-state index in [2.05, 4.69) is 27.7 Å². The summed E-state index contributed by atoms with van der Waals surface area (Å²) in [5.41, 5.74) is 2.73. The number of carbonyl (C=O) groups excluding carboxylic acids is 2. The predicted molar refractivity (Wildman–Crippen MR) is 114 cm³/mol. The quantitative estimate of drug-likeness (QED) is 0.349. The number of hydrogen-bond donors (Lipinski definition) is 0. The first-order chi connectivity index (χ1) is 13.0. The molecule has 0 spiro atoms. The standard InChI is InChI=1S/C24H40O4/c1-10-13-15(4)27-22(25)20-17(6)19(12-3)18(7)24(8,9)21(20)23(26)28-16(5)14-11-2/h15-17H,10-14H2,1-9H3. The van der Waals surface area contributed by atoms with Crippen molar-refractivity contribution < 1.29 is 19.1 Å². The molecule has 0 amide bonds. The van der Waals surface area contributed by atoms with Gasteiger partial charge in [-0.15, -0.1) is 0 Å². The van der Waals surface area contributed by atoms with Crippen molar-refractivity contribution in [2.75, 3.05) is 0 Å². The Bertz CT molecular complexity index is 639. The minimum atomic E-state index is -0.566. The predicted octanol–water partition coefficient (Wildman–Crippen LogP) is 6.15. The van der Waals surface area contributed by atoms with Crippen molar-refractivity contribution in [1.29, 1.82) is 0 Å². The number of rotatable bonds is 9. The highest BCUT2D eigenvalue weighted by Gasteiger charge is 2.44. The molecule has 0 aromatic rings. The molecule has 0 heterocycles. The third kappa shape index (κ3) is 5.27. The molecule has 160 valence electrons. The van der Waals surface area contributed by atoms with E-state index in [0.717, 1.165) is 37.7 Å². The number of carbonyl (C=O) groups is 2. The van der Waals surface area contributed by atoms with Crippen LogP contribution in [0.1, 0.15) is 94.4 Å². The van der Waals surface area contributed by atoms with Gasteiger partial charge in [-0.3, -0.25) is 0 Å². The van der Waals surface area contributed by atoms with Crippen LogP contribution in [0.5, 0.6) is 0 Å². The van der Waals surface area contributed by atoms with E-state index < -0.39 is 5.41 Å². The maximum atomic E-state index is 13.2. The Hall–Kier alpha value is -1.58. The molecule has 0 N–H and O–H groups in total. The minimum absolute atomic E-state index is 0.150. The van der Waals surface area contributed by atoms with Gasteiger partial charge in [0.25, 0.3) is 0 Å². The van der Waals surface area contributed by atoms with Crippen molar-refractivity contribution in [1.82, 2.24) is 0 Å². The average molecular weight is 393 g/mol. The highest BCUT2D eigenvalue weighted by molar-refractivity contribution is 6.03. The van der Waals surface area contributed by atoms with Gasteiger partial charge in [0.05, 0.1) is 23.4 Å². The fourth-order valence-electron chi connectivity index (χ4n) is 4.28. The van der Waals surface area contributed by atoms with Crippen LogP contribution >= 0.6 is 0 Å². The van der Waals surface area contributed by atoms with Gasteiger partial charge in [-0.2, -0.15) is 0 Å². The van der Waals surface area contributed by atoms with Crippen LogP contribution in [-0.4, -0.2) is 24.1 Å². The summed E-state index contributed by atoms with van der Waals surface area (Å²) in [4.78, 5) is 26.4. The second-order valence-electron chi connectivity index (χ2n) is 8.65. The summed E-state index contributed by atoms with van der Waals surface area (Å²) in [5.74, 6) is -0.916. The maximum Gasteiger partial charge on any atom is 0.335 e. The SMILES string of the molecule is CCCC(C)OC(=O)C1=C(C(=O)OC(C)CCC)C(C)(C)C(C)=C(CC)C1C. The molecule has 0 saturated carbocycles. The van der Waals surface area contributed by atoms with Gasteiger partial charge < -0.3 is 9.47 Å². The first-order valence-corrected chi connectivity index (χ1v) is 10.9. The van der Waals surface area contributed by atoms with Crippen LogP contribution in [-0.2, 0) is 19.1 Å². The van der Waals surface area contributed by atoms with Gasteiger partial charge in [-0.25, -0.2) is 9.59 Å². The molecule has 3 unspecified atom stereocenters. The lowest BCUT2D eigenvalue weighted by Gasteiger charge is -2.39. The maximum absolute atomic E-state index is 13.2. The Morgan fingerprint density at radius 1 is 0.964 bits per heavy atom. The summed E-state index contributed by atoms with van der Waals surface area (Å²) < 4.78 is 11.5. The summed E-state index contributed by atoms with van der Waals surface area (Å²) in [6, 6.07) is 0. The van der Waals surface area contributed by atoms with Crippen LogP contribution < -0.4 is 0 Å². The molecule has 1 aliphatic rings. The van der Waals surface area contributed by atoms with Gasteiger partial charge in [-0.05, 0) is 40.0 Å². The van der Waals surface area contributed by atoms with Crippen molar-refractivity contribution in [2.45, 2.75) is 107 Å². The van der Waals surface area contributed by atoms with E-state index in [9.17, 15) is 9.59 Å². The van der Waals surface area contributed by atoms with Gasteiger partial charge in [0, 0.05) is 11.3 Å². The van der Waals surface area contributed by atoms with Crippen LogP contribution in [0.15, 0.2) is 22.3 Å². The van der Waals surface area contributed by atoms with Crippen LogP contribution in [0.3, 0.4) is 0 Å². The Labute approximate surface area is 171 Å². The zero-order chi connectivity index (χ0) is 21.6. The highest BCUT2D eigenvalue weighted by atomic mass is 16.5. The molecule has 0 bridgehead atoms. The van der Waals surface area contributed by atoms with Gasteiger partial charge in [0.1, 0.15) is 0 Å². The van der Waals surface area contributed by atoms with Crippen LogP contribution in [0.2, 0.25) is 0 Å². The van der Waals surface area contributed by atoms with Crippen LogP contribution in [0, 0.1) is 11.3 Å². The molecule has 3 atom stereocenters. The fourth-order valence-corrected chi connectivity index (χ4v) is 4.28. The molecule has 0 fully saturated rings. The average Bonchev–Trinajstić information content (AvgIpc) is 2.58. The molecule has 0 aromatic carbocycles. The number of ether oxygens (including phenoxy) is 2. The van der Waals surface area contributed by atoms with E-state index in [-0.39, 0.29) is 30.1 Å². The Balaban J connectivity index is 3.45.